The van der Waals surface area contributed by atoms with Crippen molar-refractivity contribution in [2.24, 2.45) is 0 Å². The van der Waals surface area contributed by atoms with Gasteiger partial charge in [0, 0.05) is 35.6 Å². The van der Waals surface area contributed by atoms with Crippen molar-refractivity contribution >= 4 is 27.7 Å². The average molecular weight is 413 g/mol. The minimum atomic E-state index is 0.553. The van der Waals surface area contributed by atoms with E-state index >= 15 is 0 Å². The molecule has 26 heavy (non-hydrogen) atoms. The van der Waals surface area contributed by atoms with E-state index in [0.29, 0.717) is 12.0 Å². The highest BCUT2D eigenvalue weighted by Gasteiger charge is 2.28. The molecule has 2 fully saturated rings. The molecule has 0 unspecified atom stereocenters. The molecular formula is C21H25BrN4. The van der Waals surface area contributed by atoms with Gasteiger partial charge in [0.15, 0.2) is 0 Å². The number of hydrogen-bond donors (Lipinski definition) is 1. The monoisotopic (exact) mass is 412 g/mol. The Morgan fingerprint density at radius 1 is 1.00 bits per heavy atom. The lowest BCUT2D eigenvalue weighted by Gasteiger charge is -2.30. The highest BCUT2D eigenvalue weighted by atomic mass is 79.9. The van der Waals surface area contributed by atoms with Crippen LogP contribution in [0.25, 0.3) is 0 Å². The molecule has 3 aliphatic rings. The van der Waals surface area contributed by atoms with E-state index < -0.39 is 0 Å². The maximum Gasteiger partial charge on any atom is 0.225 e. The van der Waals surface area contributed by atoms with Crippen LogP contribution < -0.4 is 10.2 Å². The number of rotatable bonds is 4. The summed E-state index contributed by atoms with van der Waals surface area (Å²) in [6.07, 6.45) is 8.77. The third kappa shape index (κ3) is 3.46. The molecule has 136 valence electrons. The third-order valence-corrected chi connectivity index (χ3v) is 6.41. The van der Waals surface area contributed by atoms with Crippen molar-refractivity contribution in [3.8, 4) is 0 Å². The first kappa shape index (κ1) is 16.5. The van der Waals surface area contributed by atoms with Gasteiger partial charge in [0.2, 0.25) is 5.95 Å². The van der Waals surface area contributed by atoms with Crippen molar-refractivity contribution in [1.82, 2.24) is 9.97 Å². The number of fused-ring (bicyclic) bond motifs is 1. The number of nitrogens with one attached hydrogen (secondary N) is 1. The first-order valence-electron chi connectivity index (χ1n) is 9.92. The molecule has 0 bridgehead atoms. The molecule has 2 aromatic rings. The molecule has 0 spiro atoms. The van der Waals surface area contributed by atoms with Crippen molar-refractivity contribution in [3.05, 3.63) is 45.6 Å². The van der Waals surface area contributed by atoms with Gasteiger partial charge >= 0.3 is 0 Å². The fraction of sp³-hybridized carbons (Fsp3) is 0.524. The second-order valence-electron chi connectivity index (χ2n) is 7.96. The summed E-state index contributed by atoms with van der Waals surface area (Å²) in [7, 11) is 0. The van der Waals surface area contributed by atoms with Gasteiger partial charge in [-0.1, -0.05) is 34.8 Å². The Bertz CT molecular complexity index is 812. The van der Waals surface area contributed by atoms with Gasteiger partial charge in [0.1, 0.15) is 5.82 Å². The number of anilines is 2. The zero-order chi connectivity index (χ0) is 17.5. The predicted molar refractivity (Wildman–Crippen MR) is 109 cm³/mol. The fourth-order valence-electron chi connectivity index (χ4n) is 4.24. The summed E-state index contributed by atoms with van der Waals surface area (Å²) in [5, 5.41) is 3.61. The van der Waals surface area contributed by atoms with Crippen LogP contribution in [-0.4, -0.2) is 22.6 Å². The standard InChI is InChI=1S/C21H25BrN4/c22-17-8-7-16-13-26(10-9-15(16)11-17)20-12-19(14-5-6-14)24-21(25-20)23-18-3-1-2-4-18/h7-8,11-12,14,18H,1-6,9-10,13H2,(H,23,24,25). The van der Waals surface area contributed by atoms with Crippen molar-refractivity contribution in [2.45, 2.75) is 63.5 Å². The van der Waals surface area contributed by atoms with Gasteiger partial charge in [-0.2, -0.15) is 4.98 Å². The first-order chi connectivity index (χ1) is 12.7. The second kappa shape index (κ2) is 6.84. The quantitative estimate of drug-likeness (QED) is 0.763. The van der Waals surface area contributed by atoms with E-state index in [1.54, 1.807) is 0 Å². The lowest BCUT2D eigenvalue weighted by molar-refractivity contribution is 0.710. The number of halogens is 1. The molecular weight excluding hydrogens is 388 g/mol. The van der Waals surface area contributed by atoms with Crippen LogP contribution in [0.4, 0.5) is 11.8 Å². The molecule has 1 aromatic heterocycles. The van der Waals surface area contributed by atoms with Crippen LogP contribution in [0.5, 0.6) is 0 Å². The largest absolute Gasteiger partial charge is 0.352 e. The molecule has 5 rings (SSSR count). The predicted octanol–water partition coefficient (Wildman–Crippen LogP) is 5.03. The summed E-state index contributed by atoms with van der Waals surface area (Å²) in [5.74, 6) is 2.59. The van der Waals surface area contributed by atoms with Crippen LogP contribution in [0.3, 0.4) is 0 Å². The Hall–Kier alpha value is -1.62. The fourth-order valence-corrected chi connectivity index (χ4v) is 4.65. The Morgan fingerprint density at radius 3 is 2.65 bits per heavy atom. The number of hydrogen-bond acceptors (Lipinski definition) is 4. The molecule has 0 saturated heterocycles. The van der Waals surface area contributed by atoms with Crippen LogP contribution >= 0.6 is 15.9 Å². The molecule has 2 aliphatic carbocycles. The van der Waals surface area contributed by atoms with E-state index in [0.717, 1.165) is 31.3 Å². The molecule has 0 radical (unpaired) electrons. The van der Waals surface area contributed by atoms with Gasteiger partial charge in [-0.05, 0) is 55.4 Å². The Balaban J connectivity index is 1.42. The molecule has 2 heterocycles. The van der Waals surface area contributed by atoms with Gasteiger partial charge in [-0.25, -0.2) is 4.98 Å². The summed E-state index contributed by atoms with van der Waals surface area (Å²) in [6, 6.07) is 9.44. The van der Waals surface area contributed by atoms with E-state index in [-0.39, 0.29) is 0 Å². The Labute approximate surface area is 163 Å². The van der Waals surface area contributed by atoms with Crippen LogP contribution in [-0.2, 0) is 13.0 Å². The number of nitrogens with zero attached hydrogens (tertiary/aromatic N) is 3. The zero-order valence-electron chi connectivity index (χ0n) is 15.0. The van der Waals surface area contributed by atoms with Gasteiger partial charge < -0.3 is 10.2 Å². The lowest BCUT2D eigenvalue weighted by Crippen LogP contribution is -2.31. The molecule has 0 amide bonds. The number of aromatic nitrogens is 2. The Kier molecular flexibility index (Phi) is 4.35. The first-order valence-corrected chi connectivity index (χ1v) is 10.7. The van der Waals surface area contributed by atoms with Crippen molar-refractivity contribution < 1.29 is 0 Å². The van der Waals surface area contributed by atoms with Crippen molar-refractivity contribution in [3.63, 3.8) is 0 Å². The zero-order valence-corrected chi connectivity index (χ0v) is 16.6. The maximum absolute atomic E-state index is 4.92. The molecule has 2 saturated carbocycles. The molecule has 5 heteroatoms. The van der Waals surface area contributed by atoms with Crippen LogP contribution in [0, 0.1) is 0 Å². The number of benzene rings is 1. The summed E-state index contributed by atoms with van der Waals surface area (Å²) >= 11 is 3.59. The van der Waals surface area contributed by atoms with E-state index in [1.807, 2.05) is 0 Å². The maximum atomic E-state index is 4.92. The smallest absolute Gasteiger partial charge is 0.225 e. The molecule has 0 atom stereocenters. The van der Waals surface area contributed by atoms with Crippen molar-refractivity contribution in [1.29, 1.82) is 0 Å². The molecule has 1 aromatic carbocycles. The second-order valence-corrected chi connectivity index (χ2v) is 8.87. The summed E-state index contributed by atoms with van der Waals surface area (Å²) < 4.78 is 1.17. The van der Waals surface area contributed by atoms with E-state index in [1.165, 1.54) is 59.8 Å². The van der Waals surface area contributed by atoms with Crippen molar-refractivity contribution in [2.75, 3.05) is 16.8 Å². The van der Waals surface area contributed by atoms with E-state index in [4.69, 9.17) is 9.97 Å². The van der Waals surface area contributed by atoms with E-state index in [9.17, 15) is 0 Å². The SMILES string of the molecule is Brc1ccc2c(c1)CCN(c1cc(C3CC3)nc(NC3CCCC3)n1)C2. The van der Waals surface area contributed by atoms with Crippen LogP contribution in [0.15, 0.2) is 28.7 Å². The Morgan fingerprint density at radius 2 is 1.85 bits per heavy atom. The minimum absolute atomic E-state index is 0.553. The average Bonchev–Trinajstić information content (AvgIpc) is 3.39. The topological polar surface area (TPSA) is 41.1 Å². The van der Waals surface area contributed by atoms with Gasteiger partial charge in [0.05, 0.1) is 5.69 Å². The minimum Gasteiger partial charge on any atom is -0.352 e. The van der Waals surface area contributed by atoms with Gasteiger partial charge in [0.25, 0.3) is 0 Å². The summed E-state index contributed by atoms with van der Waals surface area (Å²) in [6.45, 7) is 1.96. The molecule has 1 aliphatic heterocycles. The lowest BCUT2D eigenvalue weighted by atomic mass is 10.00. The highest BCUT2D eigenvalue weighted by Crippen LogP contribution is 2.40. The normalized spacial score (nSPS) is 20.3. The van der Waals surface area contributed by atoms with E-state index in [2.05, 4.69) is 50.4 Å². The third-order valence-electron chi connectivity index (χ3n) is 5.92. The van der Waals surface area contributed by atoms with Gasteiger partial charge in [-0.15, -0.1) is 0 Å². The van der Waals surface area contributed by atoms with Crippen LogP contribution in [0.1, 0.15) is 61.3 Å². The highest BCUT2D eigenvalue weighted by molar-refractivity contribution is 9.10. The molecule has 4 nitrogen and oxygen atoms in total. The van der Waals surface area contributed by atoms with Crippen LogP contribution in [0.2, 0.25) is 0 Å². The molecule has 1 N–H and O–H groups in total. The summed E-state index contributed by atoms with van der Waals surface area (Å²) in [5.41, 5.74) is 4.10. The van der Waals surface area contributed by atoms with Gasteiger partial charge in [-0.3, -0.25) is 0 Å². The summed E-state index contributed by atoms with van der Waals surface area (Å²) in [4.78, 5) is 12.2.